The Morgan fingerprint density at radius 1 is 1.39 bits per heavy atom. The molecular formula is C11H12I3NO3. The lowest BCUT2D eigenvalue weighted by molar-refractivity contribution is -0.142. The molecule has 0 heterocycles. The van der Waals surface area contributed by atoms with Crippen molar-refractivity contribution >= 4 is 73.7 Å². The van der Waals surface area contributed by atoms with Crippen molar-refractivity contribution in [3.8, 4) is 5.75 Å². The fraction of sp³-hybridized carbons (Fsp3) is 0.364. The molecule has 18 heavy (non-hydrogen) atoms. The van der Waals surface area contributed by atoms with Crippen LogP contribution in [0.1, 0.15) is 18.9 Å². The molecule has 7 heteroatoms. The molecule has 0 aliphatic carbocycles. The third-order valence-electron chi connectivity index (χ3n) is 2.62. The van der Waals surface area contributed by atoms with E-state index in [9.17, 15) is 9.90 Å². The van der Waals surface area contributed by atoms with Crippen molar-refractivity contribution in [2.75, 3.05) is 0 Å². The second-order valence-electron chi connectivity index (χ2n) is 4.20. The van der Waals surface area contributed by atoms with Crippen LogP contribution in [0, 0.1) is 10.7 Å². The van der Waals surface area contributed by atoms with Gasteiger partial charge in [0.05, 0.1) is 7.14 Å². The Kier molecular flexibility index (Phi) is 5.93. The Hall–Kier alpha value is 0.640. The van der Waals surface area contributed by atoms with Gasteiger partial charge >= 0.3 is 5.97 Å². The zero-order valence-electron chi connectivity index (χ0n) is 9.51. The summed E-state index contributed by atoms with van der Waals surface area (Å²) in [6, 6.07) is 1.88. The molecule has 0 unspecified atom stereocenters. The van der Waals surface area contributed by atoms with Crippen LogP contribution in [0.5, 0.6) is 5.75 Å². The summed E-state index contributed by atoms with van der Waals surface area (Å²) in [5.41, 5.74) is 5.41. The summed E-state index contributed by atoms with van der Waals surface area (Å²) in [5.74, 6) is -0.761. The second-order valence-corrected chi connectivity index (χ2v) is 7.61. The predicted octanol–water partition coefficient (Wildman–Crippen LogP) is 2.94. The highest BCUT2D eigenvalue weighted by Gasteiger charge is 2.28. The molecule has 1 rings (SSSR count). The summed E-state index contributed by atoms with van der Waals surface area (Å²) >= 11 is 6.33. The van der Waals surface area contributed by atoms with Crippen LogP contribution in [0.15, 0.2) is 6.07 Å². The van der Waals surface area contributed by atoms with Gasteiger partial charge in [-0.05, 0) is 99.2 Å². The number of aliphatic carboxylic acids is 1. The minimum absolute atomic E-state index is 0.251. The van der Waals surface area contributed by atoms with E-state index in [4.69, 9.17) is 10.8 Å². The van der Waals surface area contributed by atoms with Crippen LogP contribution >= 0.6 is 67.8 Å². The molecule has 0 bridgehead atoms. The van der Waals surface area contributed by atoms with Crippen LogP contribution < -0.4 is 5.73 Å². The molecule has 1 aromatic rings. The van der Waals surface area contributed by atoms with Crippen LogP contribution in [0.4, 0.5) is 0 Å². The first-order valence-corrected chi connectivity index (χ1v) is 8.28. The lowest BCUT2D eigenvalue weighted by Gasteiger charge is -2.20. The van der Waals surface area contributed by atoms with E-state index in [0.29, 0.717) is 12.8 Å². The number of aromatic hydroxyl groups is 1. The molecule has 0 aliphatic rings. The van der Waals surface area contributed by atoms with E-state index in [-0.39, 0.29) is 5.75 Å². The minimum atomic E-state index is -1.25. The standard InChI is InChI=1S/C11H12I3NO3/c1-11(15,10(17)18)3-2-5-6(12)4-7(13)9(16)8(5)14/h4,16H,2-3,15H2,1H3,(H,17,18)/t11-/m0/s1. The minimum Gasteiger partial charge on any atom is -0.506 e. The smallest absolute Gasteiger partial charge is 0.323 e. The van der Waals surface area contributed by atoms with E-state index in [1.807, 2.05) is 6.07 Å². The van der Waals surface area contributed by atoms with E-state index >= 15 is 0 Å². The van der Waals surface area contributed by atoms with Gasteiger partial charge in [0.25, 0.3) is 0 Å². The number of carboxylic acids is 1. The first-order valence-electron chi connectivity index (χ1n) is 5.04. The number of phenols is 1. The zero-order chi connectivity index (χ0) is 14.1. The fourth-order valence-corrected chi connectivity index (χ4v) is 5.25. The van der Waals surface area contributed by atoms with Crippen LogP contribution in [-0.2, 0) is 11.2 Å². The summed E-state index contributed by atoms with van der Waals surface area (Å²) in [6.45, 7) is 1.50. The first kappa shape index (κ1) is 16.7. The maximum absolute atomic E-state index is 11.0. The highest BCUT2D eigenvalue weighted by Crippen LogP contribution is 2.33. The number of halogens is 3. The maximum Gasteiger partial charge on any atom is 0.323 e. The van der Waals surface area contributed by atoms with Crippen molar-refractivity contribution in [2.24, 2.45) is 5.73 Å². The number of hydrogen-bond donors (Lipinski definition) is 3. The zero-order valence-corrected chi connectivity index (χ0v) is 16.0. The largest absolute Gasteiger partial charge is 0.506 e. The lowest BCUT2D eigenvalue weighted by atomic mass is 9.94. The highest BCUT2D eigenvalue weighted by atomic mass is 127. The van der Waals surface area contributed by atoms with Crippen molar-refractivity contribution in [3.63, 3.8) is 0 Å². The summed E-state index contributed by atoms with van der Waals surface area (Å²) < 4.78 is 2.57. The third-order valence-corrected chi connectivity index (χ3v) is 5.57. The van der Waals surface area contributed by atoms with Crippen LogP contribution in [0.2, 0.25) is 0 Å². The summed E-state index contributed by atoms with van der Waals surface area (Å²) in [4.78, 5) is 11.0. The van der Waals surface area contributed by atoms with Gasteiger partial charge in [-0.2, -0.15) is 0 Å². The molecule has 0 radical (unpaired) electrons. The van der Waals surface area contributed by atoms with Gasteiger partial charge in [0, 0.05) is 3.57 Å². The average Bonchev–Trinajstić information content (AvgIpc) is 2.25. The van der Waals surface area contributed by atoms with E-state index in [1.165, 1.54) is 6.92 Å². The number of nitrogens with two attached hydrogens (primary N) is 1. The Morgan fingerprint density at radius 2 is 1.94 bits per heavy atom. The highest BCUT2D eigenvalue weighted by molar-refractivity contribution is 14.1. The molecule has 0 aliphatic heterocycles. The van der Waals surface area contributed by atoms with Gasteiger partial charge in [0.15, 0.2) is 0 Å². The fourth-order valence-electron chi connectivity index (χ4n) is 1.34. The molecule has 0 saturated carbocycles. The number of benzene rings is 1. The molecule has 0 aromatic heterocycles. The summed E-state index contributed by atoms with van der Waals surface area (Å²) in [5, 5.41) is 18.9. The third kappa shape index (κ3) is 3.82. The normalized spacial score (nSPS) is 14.3. The van der Waals surface area contributed by atoms with E-state index in [1.54, 1.807) is 0 Å². The second kappa shape index (κ2) is 6.39. The summed E-state index contributed by atoms with van der Waals surface area (Å²) in [7, 11) is 0. The molecule has 1 atom stereocenters. The van der Waals surface area contributed by atoms with Crippen molar-refractivity contribution < 1.29 is 15.0 Å². The SMILES string of the molecule is C[C@](N)(CCc1c(I)cc(I)c(O)c1I)C(=O)O. The molecule has 0 spiro atoms. The van der Waals surface area contributed by atoms with Gasteiger partial charge in [0.1, 0.15) is 11.3 Å². The topological polar surface area (TPSA) is 83.5 Å². The number of rotatable bonds is 4. The molecule has 4 N–H and O–H groups in total. The van der Waals surface area contributed by atoms with Crippen molar-refractivity contribution in [2.45, 2.75) is 25.3 Å². The predicted molar refractivity (Wildman–Crippen MR) is 94.8 cm³/mol. The van der Waals surface area contributed by atoms with Gasteiger partial charge in [-0.15, -0.1) is 0 Å². The maximum atomic E-state index is 11.0. The monoisotopic (exact) mass is 587 g/mol. The molecule has 4 nitrogen and oxygen atoms in total. The van der Waals surface area contributed by atoms with Crippen molar-refractivity contribution in [3.05, 3.63) is 22.3 Å². The van der Waals surface area contributed by atoms with Crippen LogP contribution in [0.3, 0.4) is 0 Å². The molecule has 1 aromatic carbocycles. The van der Waals surface area contributed by atoms with Gasteiger partial charge in [-0.25, -0.2) is 0 Å². The number of hydrogen-bond acceptors (Lipinski definition) is 3. The Morgan fingerprint density at radius 3 is 2.44 bits per heavy atom. The molecule has 0 fully saturated rings. The van der Waals surface area contributed by atoms with Crippen molar-refractivity contribution in [1.82, 2.24) is 0 Å². The van der Waals surface area contributed by atoms with Gasteiger partial charge in [-0.1, -0.05) is 0 Å². The first-order chi connectivity index (χ1) is 8.16. The molecule has 100 valence electrons. The summed E-state index contributed by atoms with van der Waals surface area (Å²) in [6.07, 6.45) is 0.856. The van der Waals surface area contributed by atoms with Gasteiger partial charge in [0.2, 0.25) is 0 Å². The molecular weight excluding hydrogens is 575 g/mol. The average molecular weight is 587 g/mol. The lowest BCUT2D eigenvalue weighted by Crippen LogP contribution is -2.45. The van der Waals surface area contributed by atoms with Crippen LogP contribution in [-0.4, -0.2) is 21.7 Å². The van der Waals surface area contributed by atoms with E-state index in [2.05, 4.69) is 67.8 Å². The molecule has 0 amide bonds. The number of carboxylic acid groups (broad SMARTS) is 1. The van der Waals surface area contributed by atoms with Gasteiger partial charge in [-0.3, -0.25) is 4.79 Å². The Bertz CT molecular complexity index is 489. The quantitative estimate of drug-likeness (QED) is 0.474. The van der Waals surface area contributed by atoms with E-state index < -0.39 is 11.5 Å². The van der Waals surface area contributed by atoms with E-state index in [0.717, 1.165) is 16.3 Å². The Balaban J connectivity index is 3.00. The molecule has 0 saturated heterocycles. The van der Waals surface area contributed by atoms with Crippen molar-refractivity contribution in [1.29, 1.82) is 0 Å². The number of carbonyl (C=O) groups is 1. The Labute approximate surface area is 146 Å². The number of phenolic OH excluding ortho intramolecular Hbond substituents is 1. The van der Waals surface area contributed by atoms with Gasteiger partial charge < -0.3 is 15.9 Å². The van der Waals surface area contributed by atoms with Crippen LogP contribution in [0.25, 0.3) is 0 Å².